The van der Waals surface area contributed by atoms with E-state index in [1.807, 2.05) is 6.92 Å². The molecule has 10 heteroatoms. The van der Waals surface area contributed by atoms with E-state index >= 15 is 0 Å². The fourth-order valence-corrected chi connectivity index (χ4v) is 3.52. The number of nitro groups is 1. The number of nitro benzene ring substituents is 1. The smallest absolute Gasteiger partial charge is 0.335 e. The highest BCUT2D eigenvalue weighted by Crippen LogP contribution is 2.31. The number of hydrogen-bond donors (Lipinski definition) is 1. The van der Waals surface area contributed by atoms with E-state index in [4.69, 9.17) is 9.47 Å². The maximum atomic E-state index is 13.1. The van der Waals surface area contributed by atoms with Crippen molar-refractivity contribution in [2.45, 2.75) is 13.5 Å². The molecule has 0 saturated carbocycles. The predicted octanol–water partition coefficient (Wildman–Crippen LogP) is 4.16. The molecule has 36 heavy (non-hydrogen) atoms. The van der Waals surface area contributed by atoms with E-state index in [1.165, 1.54) is 25.3 Å². The quantitative estimate of drug-likeness (QED) is 0.229. The first-order valence-corrected chi connectivity index (χ1v) is 10.8. The van der Waals surface area contributed by atoms with E-state index in [1.54, 1.807) is 54.6 Å². The molecule has 1 aliphatic rings. The van der Waals surface area contributed by atoms with Crippen molar-refractivity contribution in [2.24, 2.45) is 0 Å². The Morgan fingerprint density at radius 3 is 2.31 bits per heavy atom. The monoisotopic (exact) mass is 487 g/mol. The molecule has 0 unspecified atom stereocenters. The van der Waals surface area contributed by atoms with Gasteiger partial charge in [0.15, 0.2) is 11.5 Å². The summed E-state index contributed by atoms with van der Waals surface area (Å²) >= 11 is 0. The van der Waals surface area contributed by atoms with Crippen LogP contribution in [0.15, 0.2) is 72.3 Å². The van der Waals surface area contributed by atoms with Gasteiger partial charge in [-0.3, -0.25) is 25.0 Å². The van der Waals surface area contributed by atoms with Gasteiger partial charge in [0.05, 0.1) is 17.7 Å². The highest BCUT2D eigenvalue weighted by molar-refractivity contribution is 6.39. The Labute approximate surface area is 205 Å². The molecular formula is C26H21N3O7. The van der Waals surface area contributed by atoms with Crippen molar-refractivity contribution in [1.82, 2.24) is 5.32 Å². The summed E-state index contributed by atoms with van der Waals surface area (Å²) in [6, 6.07) is 16.8. The topological polar surface area (TPSA) is 128 Å². The molecule has 1 aliphatic heterocycles. The third-order valence-electron chi connectivity index (χ3n) is 5.43. The van der Waals surface area contributed by atoms with Gasteiger partial charge in [-0.15, -0.1) is 0 Å². The van der Waals surface area contributed by atoms with Crippen LogP contribution in [0.2, 0.25) is 0 Å². The highest BCUT2D eigenvalue weighted by Gasteiger charge is 2.36. The molecule has 1 saturated heterocycles. The van der Waals surface area contributed by atoms with Gasteiger partial charge in [-0.1, -0.05) is 23.8 Å². The van der Waals surface area contributed by atoms with E-state index in [0.717, 1.165) is 16.0 Å². The number of amides is 4. The number of barbiturate groups is 1. The van der Waals surface area contributed by atoms with Crippen molar-refractivity contribution in [1.29, 1.82) is 0 Å². The molecule has 0 bridgehead atoms. The third kappa shape index (κ3) is 5.07. The molecule has 0 spiro atoms. The molecule has 1 N–H and O–H groups in total. The first kappa shape index (κ1) is 24.1. The van der Waals surface area contributed by atoms with Crippen molar-refractivity contribution >= 4 is 35.3 Å². The van der Waals surface area contributed by atoms with Gasteiger partial charge in [0.2, 0.25) is 0 Å². The number of nitrogens with one attached hydrogen (secondary N) is 1. The number of imide groups is 2. The number of benzene rings is 3. The van der Waals surface area contributed by atoms with Crippen molar-refractivity contribution in [3.63, 3.8) is 0 Å². The van der Waals surface area contributed by atoms with Gasteiger partial charge in [-0.25, -0.2) is 9.69 Å². The summed E-state index contributed by atoms with van der Waals surface area (Å²) in [5.41, 5.74) is 2.27. The van der Waals surface area contributed by atoms with E-state index in [-0.39, 0.29) is 17.9 Å². The van der Waals surface area contributed by atoms with Crippen LogP contribution in [0.5, 0.6) is 11.5 Å². The van der Waals surface area contributed by atoms with Crippen LogP contribution >= 0.6 is 0 Å². The summed E-state index contributed by atoms with van der Waals surface area (Å²) < 4.78 is 11.2. The highest BCUT2D eigenvalue weighted by atomic mass is 16.6. The minimum atomic E-state index is -0.821. The average molecular weight is 487 g/mol. The van der Waals surface area contributed by atoms with Crippen LogP contribution in [0, 0.1) is 17.0 Å². The van der Waals surface area contributed by atoms with Crippen molar-refractivity contribution < 1.29 is 28.8 Å². The van der Waals surface area contributed by atoms with Gasteiger partial charge in [0.1, 0.15) is 12.2 Å². The molecule has 4 amide bonds. The average Bonchev–Trinajstić information content (AvgIpc) is 2.86. The summed E-state index contributed by atoms with van der Waals surface area (Å²) in [4.78, 5) is 49.1. The Balaban J connectivity index is 1.55. The number of aryl methyl sites for hydroxylation is 1. The lowest BCUT2D eigenvalue weighted by atomic mass is 10.1. The summed E-state index contributed by atoms with van der Waals surface area (Å²) in [5, 5.41) is 13.0. The maximum absolute atomic E-state index is 13.1. The lowest BCUT2D eigenvalue weighted by Gasteiger charge is -2.26. The van der Waals surface area contributed by atoms with Crippen LogP contribution in [0.1, 0.15) is 16.7 Å². The molecule has 0 aromatic heterocycles. The molecule has 3 aromatic carbocycles. The van der Waals surface area contributed by atoms with Crippen molar-refractivity contribution in [3.05, 3.63) is 99.1 Å². The van der Waals surface area contributed by atoms with E-state index in [2.05, 4.69) is 5.32 Å². The van der Waals surface area contributed by atoms with Gasteiger partial charge < -0.3 is 9.47 Å². The summed E-state index contributed by atoms with van der Waals surface area (Å²) in [5.74, 6) is -0.800. The molecule has 182 valence electrons. The number of methoxy groups -OCH3 is 1. The largest absolute Gasteiger partial charge is 0.493 e. The number of non-ortho nitro benzene ring substituents is 1. The number of urea groups is 1. The Hall–Kier alpha value is -4.99. The molecule has 0 atom stereocenters. The second-order valence-electron chi connectivity index (χ2n) is 7.92. The molecule has 1 heterocycles. The molecule has 4 rings (SSSR count). The molecule has 0 radical (unpaired) electrons. The van der Waals surface area contributed by atoms with Crippen LogP contribution in [-0.4, -0.2) is 29.9 Å². The Bertz CT molecular complexity index is 1380. The number of rotatable bonds is 7. The number of carbonyl (C=O) groups excluding carboxylic acids is 3. The molecule has 1 fully saturated rings. The normalized spacial score (nSPS) is 14.6. The molecule has 0 aliphatic carbocycles. The lowest BCUT2D eigenvalue weighted by Crippen LogP contribution is -2.54. The molecule has 3 aromatic rings. The standard InChI is InChI=1S/C26H21N3O7/c1-16-3-8-19(9-4-16)28-25(31)21(24(30)27-26(28)32)13-18-7-12-22(23(14-18)35-2)36-15-17-5-10-20(11-6-17)29(33)34/h3-14H,15H2,1-2H3,(H,27,30,32). The zero-order valence-corrected chi connectivity index (χ0v) is 19.4. The van der Waals surface area contributed by atoms with E-state index in [0.29, 0.717) is 22.7 Å². The predicted molar refractivity (Wildman–Crippen MR) is 131 cm³/mol. The van der Waals surface area contributed by atoms with Gasteiger partial charge >= 0.3 is 6.03 Å². The van der Waals surface area contributed by atoms with Crippen molar-refractivity contribution in [3.8, 4) is 11.5 Å². The second kappa shape index (κ2) is 10.1. The Morgan fingerprint density at radius 2 is 1.67 bits per heavy atom. The number of anilines is 1. The minimum absolute atomic E-state index is 0.0161. The van der Waals surface area contributed by atoms with Crippen LogP contribution in [0.4, 0.5) is 16.2 Å². The maximum Gasteiger partial charge on any atom is 0.335 e. The fraction of sp³-hybridized carbons (Fsp3) is 0.115. The van der Waals surface area contributed by atoms with E-state index in [9.17, 15) is 24.5 Å². The van der Waals surface area contributed by atoms with Gasteiger partial charge in [0, 0.05) is 12.1 Å². The van der Waals surface area contributed by atoms with Gasteiger partial charge in [0.25, 0.3) is 17.5 Å². The van der Waals surface area contributed by atoms with Gasteiger partial charge in [-0.2, -0.15) is 0 Å². The Kier molecular flexibility index (Phi) is 6.77. The summed E-state index contributed by atoms with van der Waals surface area (Å²) in [6.45, 7) is 2.02. The zero-order valence-electron chi connectivity index (χ0n) is 19.4. The Morgan fingerprint density at radius 1 is 0.972 bits per heavy atom. The first-order chi connectivity index (χ1) is 17.3. The van der Waals surface area contributed by atoms with Crippen LogP contribution in [0.25, 0.3) is 6.08 Å². The number of hydrogen-bond acceptors (Lipinski definition) is 7. The zero-order chi connectivity index (χ0) is 25.8. The second-order valence-corrected chi connectivity index (χ2v) is 7.92. The summed E-state index contributed by atoms with van der Waals surface area (Å²) in [6.07, 6.45) is 1.37. The molecular weight excluding hydrogens is 466 g/mol. The number of carbonyl (C=O) groups is 3. The van der Waals surface area contributed by atoms with Crippen LogP contribution < -0.4 is 19.7 Å². The fourth-order valence-electron chi connectivity index (χ4n) is 3.52. The number of ether oxygens (including phenoxy) is 2. The molecule has 10 nitrogen and oxygen atoms in total. The third-order valence-corrected chi connectivity index (χ3v) is 5.43. The summed E-state index contributed by atoms with van der Waals surface area (Å²) in [7, 11) is 1.45. The van der Waals surface area contributed by atoms with Crippen LogP contribution in [0.3, 0.4) is 0 Å². The van der Waals surface area contributed by atoms with Gasteiger partial charge in [-0.05, 0) is 60.5 Å². The minimum Gasteiger partial charge on any atom is -0.493 e. The number of nitrogens with zero attached hydrogens (tertiary/aromatic N) is 2. The van der Waals surface area contributed by atoms with Crippen LogP contribution in [-0.2, 0) is 16.2 Å². The van der Waals surface area contributed by atoms with Crippen molar-refractivity contribution in [2.75, 3.05) is 12.0 Å². The lowest BCUT2D eigenvalue weighted by molar-refractivity contribution is -0.384. The SMILES string of the molecule is COc1cc(C=C2C(=O)NC(=O)N(c3ccc(C)cc3)C2=O)ccc1OCc1ccc([N+](=O)[O-])cc1. The van der Waals surface area contributed by atoms with E-state index < -0.39 is 22.8 Å². The first-order valence-electron chi connectivity index (χ1n) is 10.8.